The number of esters is 16. The monoisotopic (exact) mass is 1840 g/mol. The largest absolute Gasteiger partial charge is 0.463 e. The number of unbranched alkanes of at least 4 members (excludes halogenated alkanes) is 3. The minimum Gasteiger partial charge on any atom is -0.463 e. The van der Waals surface area contributed by atoms with E-state index in [1.165, 1.54) is 0 Å². The molecule has 7 heterocycles. The molecule has 0 bridgehead atoms. The Hall–Kier alpha value is -10.3. The summed E-state index contributed by atoms with van der Waals surface area (Å²) >= 11 is 1.76. The van der Waals surface area contributed by atoms with Gasteiger partial charge in [-0.2, -0.15) is 11.8 Å². The van der Waals surface area contributed by atoms with Crippen molar-refractivity contribution in [3.8, 4) is 0 Å². The Morgan fingerprint density at radius 2 is 0.583 bits per heavy atom. The van der Waals surface area contributed by atoms with Crippen LogP contribution in [-0.2, 0) is 205 Å². The number of thioether (sulfide) groups is 1. The summed E-state index contributed by atoms with van der Waals surface area (Å²) in [5.74, 6) is -18.2. The maximum Gasteiger partial charge on any atom is 0.315 e. The summed E-state index contributed by atoms with van der Waals surface area (Å²) < 4.78 is 150. The van der Waals surface area contributed by atoms with Crippen molar-refractivity contribution < 1.29 is 210 Å². The fraction of sp³-hybridized carbons (Fsp3) is 0.756. The molecule has 48 nitrogen and oxygen atoms in total. The first-order chi connectivity index (χ1) is 59.9. The zero-order valence-electron chi connectivity index (χ0n) is 72.6. The lowest BCUT2D eigenvalue weighted by atomic mass is 9.94. The lowest BCUT2D eigenvalue weighted by Gasteiger charge is -2.52. The summed E-state index contributed by atoms with van der Waals surface area (Å²) in [5, 5.41) is 11.6. The molecule has 7 aliphatic heterocycles. The van der Waals surface area contributed by atoms with Crippen molar-refractivity contribution in [1.82, 2.24) is 21.3 Å². The van der Waals surface area contributed by atoms with E-state index in [-0.39, 0.29) is 55.1 Å². The van der Waals surface area contributed by atoms with Crippen LogP contribution in [-0.4, -0.2) is 329 Å². The van der Waals surface area contributed by atoms with Crippen LogP contribution in [0.3, 0.4) is 0 Å². The minimum atomic E-state index is -2.51. The molecule has 0 radical (unpaired) electrons. The van der Waals surface area contributed by atoms with Gasteiger partial charge in [0.25, 0.3) is 0 Å². The molecule has 0 aliphatic carbocycles. The van der Waals surface area contributed by atoms with Gasteiger partial charge in [-0.25, -0.2) is 4.79 Å². The smallest absolute Gasteiger partial charge is 0.315 e. The number of nitrogens with one attached hydrogen (secondary N) is 4. The number of hydrogen-bond acceptors (Lipinski definition) is 45. The number of hydrogen-bond donors (Lipinski definition) is 4. The Morgan fingerprint density at radius 3 is 0.913 bits per heavy atom. The normalized spacial score (nSPS) is 31.7. The molecule has 7 fully saturated rings. The van der Waals surface area contributed by atoms with E-state index in [1.807, 2.05) is 0 Å². The number of carbonyl (C=O) groups is 19. The van der Waals surface area contributed by atoms with Gasteiger partial charge in [0.15, 0.2) is 98.5 Å². The Morgan fingerprint density at radius 1 is 0.307 bits per heavy atom. The zero-order chi connectivity index (χ0) is 94.0. The van der Waals surface area contributed by atoms with Crippen molar-refractivity contribution in [2.24, 2.45) is 0 Å². The van der Waals surface area contributed by atoms with Crippen molar-refractivity contribution in [2.45, 2.75) is 333 Å². The molecule has 10 unspecified atom stereocenters. The lowest BCUT2D eigenvalue weighted by molar-refractivity contribution is -0.394. The average Bonchev–Trinajstić information content (AvgIpc) is 1.56. The first-order valence-corrected chi connectivity index (χ1v) is 41.6. The minimum absolute atomic E-state index is 0.0184. The van der Waals surface area contributed by atoms with Gasteiger partial charge in [-0.05, 0) is 25.7 Å². The average molecular weight is 1840 g/mol. The van der Waals surface area contributed by atoms with E-state index >= 15 is 0 Å². The molecule has 7 saturated heterocycles. The van der Waals surface area contributed by atoms with Gasteiger partial charge in [-0.3, -0.25) is 86.3 Å². The maximum atomic E-state index is 14.4. The van der Waals surface area contributed by atoms with Crippen molar-refractivity contribution in [1.29, 1.82) is 0 Å². The van der Waals surface area contributed by atoms with Crippen molar-refractivity contribution in [3.05, 3.63) is 0 Å². The topological polar surface area (TPSA) is 603 Å². The molecular weight excluding hydrogens is 1730 g/mol. The third-order valence-corrected chi connectivity index (χ3v) is 21.0. The molecule has 28 atom stereocenters. The van der Waals surface area contributed by atoms with E-state index in [0.717, 1.165) is 129 Å². The third kappa shape index (κ3) is 32.2. The SMILES string of the molecule is CC(=O)OCC1O[C@H](O[C@@H]2C(OC(C)=O)[C@@H](O[C@@H]3C(OC(C)=O)[C@@H](O[C@@H]4C(OC(C)=O)[C@@H](OC5[C@@H](NC(=O)CCCCCNC(=O)CCCC[C@@H]6SC[C@@H]7NC(=O)N[C@@H]76)OC(COC(C)=O)[C@@H](OC(C)=O)[C@H]5OC(C)=O)OC(COC(C)=O)[C@H]4OC(C)=O)OC(COC(C)=O)[C@H]3OC(C)=O)OC(COC(C)=O)[C@H]2OC(C)=O)C(OC(C)=O)[C@@H](OC(C)=O)[C@@H]1OC(C)=O. The molecule has 0 spiro atoms. The highest BCUT2D eigenvalue weighted by Gasteiger charge is 2.64. The Labute approximate surface area is 731 Å². The van der Waals surface area contributed by atoms with Crippen LogP contribution < -0.4 is 21.3 Å². The molecule has 0 aromatic rings. The molecule has 0 aromatic heterocycles. The zero-order valence-corrected chi connectivity index (χ0v) is 73.5. The third-order valence-electron chi connectivity index (χ3n) is 19.5. The first-order valence-electron chi connectivity index (χ1n) is 40.6. The van der Waals surface area contributed by atoms with Gasteiger partial charge in [-0.1, -0.05) is 12.8 Å². The van der Waals surface area contributed by atoms with Gasteiger partial charge in [-0.15, -0.1) is 0 Å². The number of carbonyl (C=O) groups excluding carboxylic acids is 19. The molecule has 4 N–H and O–H groups in total. The number of rotatable bonds is 41. The Bertz CT molecular complexity index is 3920. The Kier molecular flexibility index (Phi) is 40.3. The maximum absolute atomic E-state index is 14.4. The van der Waals surface area contributed by atoms with Crippen LogP contribution in [0.2, 0.25) is 0 Å². The quantitative estimate of drug-likeness (QED) is 0.0240. The summed E-state index contributed by atoms with van der Waals surface area (Å²) in [6.45, 7) is 9.96. The molecule has 712 valence electrons. The van der Waals surface area contributed by atoms with Crippen LogP contribution in [0.4, 0.5) is 4.79 Å². The number of fused-ring (bicyclic) bond motifs is 1. The van der Waals surface area contributed by atoms with Gasteiger partial charge < -0.3 is 140 Å². The van der Waals surface area contributed by atoms with Crippen LogP contribution in [0.25, 0.3) is 0 Å². The van der Waals surface area contributed by atoms with Crippen LogP contribution in [0.15, 0.2) is 0 Å². The van der Waals surface area contributed by atoms with Gasteiger partial charge in [0.1, 0.15) is 88.0 Å². The van der Waals surface area contributed by atoms with E-state index in [4.69, 9.17) is 118 Å². The standard InChI is InChI=1S/C78H110N4O44S/c1-32(83)102-26-49-58(107-37(6)88)63(112-42(11)93)68(73(118-49)81-56(100)24-18-17-21-25-79-55(99)23-20-19-22-54-57-48(31-127-54)80-78(101)82-57)126-77-72(117-47(16)98)67(62(111-41(10)92)53(122-77)30-106-36(5)87)125-76-71(116-46(15)97)66(61(110-40(9)91)52(121-76)29-105-35(4)86)124-75-70(115-45(14)96)65(60(109-39(8)90)51(120-75)28-104-34(3)85)123-74-69(114-44(13)95)64(113-43(12)94)59(108-38(7)89)50(119-74)27-103-33(2)84/h48-54,57-77H,17-31H2,1-16H3,(H,79,99)(H,81,100)(H2,80,82,101)/t48-,49?,50?,51?,52?,53?,54-,57-,58+,59+,60+,61+,62+,63+,64-,65-,66-,67-,68?,69?,70?,71?,72?,73-,74+,75+,76+,77+/m0/s1. The summed E-state index contributed by atoms with van der Waals surface area (Å²) in [6.07, 6.45) is -50.5. The molecule has 7 aliphatic rings. The predicted molar refractivity (Wildman–Crippen MR) is 411 cm³/mol. The summed E-state index contributed by atoms with van der Waals surface area (Å²) in [7, 11) is 0. The van der Waals surface area contributed by atoms with E-state index in [9.17, 15) is 91.1 Å². The Balaban J connectivity index is 1.35. The second kappa shape index (κ2) is 49.3. The molecule has 0 saturated carbocycles. The van der Waals surface area contributed by atoms with Gasteiger partial charge in [0, 0.05) is 141 Å². The summed E-state index contributed by atoms with van der Waals surface area (Å²) in [4.78, 5) is 251. The summed E-state index contributed by atoms with van der Waals surface area (Å²) in [5.41, 5.74) is 0. The number of amides is 4. The number of urea groups is 1. The molecule has 7 rings (SSSR count). The van der Waals surface area contributed by atoms with E-state index in [0.29, 0.717) is 19.3 Å². The van der Waals surface area contributed by atoms with Crippen molar-refractivity contribution >= 4 is 125 Å². The van der Waals surface area contributed by atoms with E-state index in [1.54, 1.807) is 11.8 Å². The molecule has 49 heteroatoms. The highest BCUT2D eigenvalue weighted by molar-refractivity contribution is 8.00. The van der Waals surface area contributed by atoms with Crippen molar-refractivity contribution in [3.63, 3.8) is 0 Å². The van der Waals surface area contributed by atoms with E-state index in [2.05, 4.69) is 21.3 Å². The highest BCUT2D eigenvalue weighted by atomic mass is 32.2. The molecular formula is C78H110N4O44S. The number of ether oxygens (including phenoxy) is 25. The van der Waals surface area contributed by atoms with Crippen LogP contribution >= 0.6 is 11.8 Å². The van der Waals surface area contributed by atoms with Crippen LogP contribution in [0, 0.1) is 0 Å². The second-order valence-corrected chi connectivity index (χ2v) is 31.4. The molecule has 0 aromatic carbocycles. The van der Waals surface area contributed by atoms with Gasteiger partial charge in [0.2, 0.25) is 11.8 Å². The van der Waals surface area contributed by atoms with E-state index < -0.39 is 288 Å². The highest BCUT2D eigenvalue weighted by Crippen LogP contribution is 2.43. The van der Waals surface area contributed by atoms with Gasteiger partial charge in [0.05, 0.1) is 12.1 Å². The fourth-order valence-corrected chi connectivity index (χ4v) is 16.4. The van der Waals surface area contributed by atoms with Gasteiger partial charge >= 0.3 is 102 Å². The molecule has 127 heavy (non-hydrogen) atoms. The predicted octanol–water partition coefficient (Wildman–Crippen LogP) is -1.27. The van der Waals surface area contributed by atoms with Crippen LogP contribution in [0.1, 0.15) is 162 Å². The first kappa shape index (κ1) is 104. The second-order valence-electron chi connectivity index (χ2n) is 30.1. The van der Waals surface area contributed by atoms with Crippen molar-refractivity contribution in [2.75, 3.05) is 45.3 Å². The van der Waals surface area contributed by atoms with Crippen LogP contribution in [0.5, 0.6) is 0 Å². The lowest BCUT2D eigenvalue weighted by Crippen LogP contribution is -2.70. The fourth-order valence-electron chi connectivity index (χ4n) is 14.9. The summed E-state index contributed by atoms with van der Waals surface area (Å²) in [6, 6.07) is -0.124. The molecule has 4 amide bonds.